The lowest BCUT2D eigenvalue weighted by atomic mass is 10.2. The van der Waals surface area contributed by atoms with Gasteiger partial charge in [0.15, 0.2) is 0 Å². The van der Waals surface area contributed by atoms with E-state index in [-0.39, 0.29) is 17.9 Å². The van der Waals surface area contributed by atoms with Crippen molar-refractivity contribution in [3.8, 4) is 0 Å². The molecule has 1 saturated heterocycles. The Balaban J connectivity index is 1.80. The van der Waals surface area contributed by atoms with Crippen molar-refractivity contribution in [2.75, 3.05) is 12.3 Å². The normalized spacial score (nSPS) is 21.6. The summed E-state index contributed by atoms with van der Waals surface area (Å²) in [6.07, 6.45) is 3.63. The molecular weight excluding hydrogens is 270 g/mol. The van der Waals surface area contributed by atoms with Gasteiger partial charge in [-0.2, -0.15) is 5.10 Å². The first-order valence-corrected chi connectivity index (χ1v) is 7.39. The molecule has 2 aliphatic rings. The molecule has 1 unspecified atom stereocenters. The van der Waals surface area contributed by atoms with E-state index in [4.69, 9.17) is 5.73 Å². The number of nitrogens with two attached hydrogens (primary N) is 1. The number of amides is 2. The number of nitrogens with zero attached hydrogens (tertiary/aromatic N) is 3. The van der Waals surface area contributed by atoms with Gasteiger partial charge in [0.25, 0.3) is 5.91 Å². The molecule has 1 atom stereocenters. The number of rotatable bonds is 3. The van der Waals surface area contributed by atoms with Gasteiger partial charge in [-0.3, -0.25) is 14.3 Å². The maximum atomic E-state index is 12.7. The first-order valence-electron chi connectivity index (χ1n) is 7.39. The number of nitrogens with one attached hydrogen (secondary N) is 1. The van der Waals surface area contributed by atoms with Crippen LogP contribution in [0.5, 0.6) is 0 Å². The van der Waals surface area contributed by atoms with Crippen molar-refractivity contribution < 1.29 is 9.59 Å². The zero-order chi connectivity index (χ0) is 15.1. The summed E-state index contributed by atoms with van der Waals surface area (Å²) >= 11 is 0. The smallest absolute Gasteiger partial charge is 0.274 e. The van der Waals surface area contributed by atoms with Gasteiger partial charge in [-0.05, 0) is 32.6 Å². The third-order valence-electron chi connectivity index (χ3n) is 4.21. The third-order valence-corrected chi connectivity index (χ3v) is 4.21. The minimum absolute atomic E-state index is 0.0409. The fraction of sp³-hybridized carbons (Fsp3) is 0.643. The Labute approximate surface area is 123 Å². The lowest BCUT2D eigenvalue weighted by Gasteiger charge is -2.24. The molecule has 2 heterocycles. The largest absolute Gasteiger partial charge is 0.395 e. The van der Waals surface area contributed by atoms with Crippen molar-refractivity contribution in [3.05, 3.63) is 11.4 Å². The van der Waals surface area contributed by atoms with Gasteiger partial charge in [-0.15, -0.1) is 0 Å². The summed E-state index contributed by atoms with van der Waals surface area (Å²) in [6.45, 7) is 2.36. The quantitative estimate of drug-likeness (QED) is 0.831. The van der Waals surface area contributed by atoms with Crippen LogP contribution in [0.1, 0.15) is 41.9 Å². The highest BCUT2D eigenvalue weighted by Gasteiger charge is 2.38. The highest BCUT2D eigenvalue weighted by Crippen LogP contribution is 2.25. The molecule has 3 rings (SSSR count). The fourth-order valence-electron chi connectivity index (χ4n) is 2.87. The number of hydrogen-bond acceptors (Lipinski definition) is 4. The molecular formula is C14H21N5O2. The van der Waals surface area contributed by atoms with E-state index in [0.29, 0.717) is 36.1 Å². The van der Waals surface area contributed by atoms with Gasteiger partial charge in [0.05, 0.1) is 11.4 Å². The van der Waals surface area contributed by atoms with E-state index >= 15 is 0 Å². The summed E-state index contributed by atoms with van der Waals surface area (Å²) in [7, 11) is 1.70. The Kier molecular flexibility index (Phi) is 3.35. The second kappa shape index (κ2) is 5.05. The van der Waals surface area contributed by atoms with E-state index < -0.39 is 0 Å². The number of hydrogen-bond donors (Lipinski definition) is 2. The average molecular weight is 291 g/mol. The van der Waals surface area contributed by atoms with E-state index in [9.17, 15) is 9.59 Å². The van der Waals surface area contributed by atoms with Gasteiger partial charge in [0.1, 0.15) is 11.7 Å². The zero-order valence-electron chi connectivity index (χ0n) is 12.4. The predicted octanol–water partition coefficient (Wildman–Crippen LogP) is 0.194. The number of likely N-dealkylation sites (tertiary alicyclic amines) is 1. The summed E-state index contributed by atoms with van der Waals surface area (Å²) in [6, 6.07) is -0.0771. The molecule has 1 aromatic heterocycles. The molecule has 2 fully saturated rings. The van der Waals surface area contributed by atoms with Crippen LogP contribution in [-0.2, 0) is 11.8 Å². The van der Waals surface area contributed by atoms with Gasteiger partial charge in [0, 0.05) is 19.6 Å². The van der Waals surface area contributed by atoms with Crippen LogP contribution < -0.4 is 11.1 Å². The predicted molar refractivity (Wildman–Crippen MR) is 77.6 cm³/mol. The van der Waals surface area contributed by atoms with Crippen LogP contribution in [0.2, 0.25) is 0 Å². The Morgan fingerprint density at radius 1 is 1.33 bits per heavy atom. The van der Waals surface area contributed by atoms with E-state index in [1.54, 1.807) is 18.9 Å². The SMILES string of the molecule is Cc1nn(C)c(C(=O)N2CCCC2C(=O)NC2CC2)c1N. The van der Waals surface area contributed by atoms with Crippen LogP contribution in [0.3, 0.4) is 0 Å². The number of nitrogen functional groups attached to an aromatic ring is 1. The Morgan fingerprint density at radius 3 is 2.62 bits per heavy atom. The monoisotopic (exact) mass is 291 g/mol. The van der Waals surface area contributed by atoms with Gasteiger partial charge in [-0.1, -0.05) is 0 Å². The molecule has 0 aromatic carbocycles. The molecule has 1 saturated carbocycles. The number of anilines is 1. The van der Waals surface area contributed by atoms with Gasteiger partial charge in [0.2, 0.25) is 5.91 Å². The number of carbonyl (C=O) groups excluding carboxylic acids is 2. The van der Waals surface area contributed by atoms with Crippen molar-refractivity contribution in [1.82, 2.24) is 20.0 Å². The van der Waals surface area contributed by atoms with Gasteiger partial charge < -0.3 is 16.0 Å². The number of carbonyl (C=O) groups is 2. The lowest BCUT2D eigenvalue weighted by molar-refractivity contribution is -0.125. The minimum atomic E-state index is -0.382. The van der Waals surface area contributed by atoms with E-state index in [1.807, 2.05) is 0 Å². The van der Waals surface area contributed by atoms with Crippen molar-refractivity contribution in [2.45, 2.75) is 44.7 Å². The highest BCUT2D eigenvalue weighted by molar-refractivity contribution is 6.00. The number of aryl methyl sites for hydroxylation is 2. The third kappa shape index (κ3) is 2.48. The molecule has 1 aliphatic carbocycles. The second-order valence-electron chi connectivity index (χ2n) is 5.91. The maximum Gasteiger partial charge on any atom is 0.274 e. The lowest BCUT2D eigenvalue weighted by Crippen LogP contribution is -2.47. The first kappa shape index (κ1) is 13.9. The number of aromatic nitrogens is 2. The van der Waals surface area contributed by atoms with Crippen LogP contribution in [-0.4, -0.2) is 45.1 Å². The maximum absolute atomic E-state index is 12.7. The molecule has 21 heavy (non-hydrogen) atoms. The summed E-state index contributed by atoms with van der Waals surface area (Å²) in [5, 5.41) is 7.16. The summed E-state index contributed by atoms with van der Waals surface area (Å²) in [5.74, 6) is -0.246. The van der Waals surface area contributed by atoms with Gasteiger partial charge in [-0.25, -0.2) is 0 Å². The van der Waals surface area contributed by atoms with E-state index in [0.717, 1.165) is 19.3 Å². The van der Waals surface area contributed by atoms with E-state index in [2.05, 4.69) is 10.4 Å². The van der Waals surface area contributed by atoms with Crippen LogP contribution in [0, 0.1) is 6.92 Å². The van der Waals surface area contributed by atoms with Crippen LogP contribution >= 0.6 is 0 Å². The van der Waals surface area contributed by atoms with E-state index in [1.165, 1.54) is 4.68 Å². The molecule has 0 spiro atoms. The first-order chi connectivity index (χ1) is 9.99. The molecule has 114 valence electrons. The Hall–Kier alpha value is -2.05. The highest BCUT2D eigenvalue weighted by atomic mass is 16.2. The standard InChI is InChI=1S/C14H21N5O2/c1-8-11(15)12(18(2)17-8)14(21)19-7-3-4-10(19)13(20)16-9-5-6-9/h9-10H,3-7,15H2,1-2H3,(H,16,20). The van der Waals surface area contributed by atoms with Crippen LogP contribution in [0.25, 0.3) is 0 Å². The Bertz CT molecular complexity index is 590. The molecule has 7 nitrogen and oxygen atoms in total. The molecule has 7 heteroatoms. The molecule has 1 aliphatic heterocycles. The van der Waals surface area contributed by atoms with Crippen LogP contribution in [0.15, 0.2) is 0 Å². The zero-order valence-corrected chi connectivity index (χ0v) is 12.4. The molecule has 2 amide bonds. The van der Waals surface area contributed by atoms with Crippen molar-refractivity contribution in [2.24, 2.45) is 7.05 Å². The summed E-state index contributed by atoms with van der Waals surface area (Å²) in [5.41, 5.74) is 7.36. The summed E-state index contributed by atoms with van der Waals surface area (Å²) < 4.78 is 1.50. The molecule has 0 radical (unpaired) electrons. The average Bonchev–Trinajstić information content (AvgIpc) is 3.02. The topological polar surface area (TPSA) is 93.2 Å². The van der Waals surface area contributed by atoms with Crippen LogP contribution in [0.4, 0.5) is 5.69 Å². The molecule has 3 N–H and O–H groups in total. The second-order valence-corrected chi connectivity index (χ2v) is 5.91. The van der Waals surface area contributed by atoms with Crippen molar-refractivity contribution in [3.63, 3.8) is 0 Å². The fourth-order valence-corrected chi connectivity index (χ4v) is 2.87. The van der Waals surface area contributed by atoms with Crippen molar-refractivity contribution >= 4 is 17.5 Å². The summed E-state index contributed by atoms with van der Waals surface area (Å²) in [4.78, 5) is 26.6. The molecule has 0 bridgehead atoms. The molecule has 1 aromatic rings. The Morgan fingerprint density at radius 2 is 2.05 bits per heavy atom. The minimum Gasteiger partial charge on any atom is -0.395 e. The van der Waals surface area contributed by atoms with Gasteiger partial charge >= 0.3 is 0 Å². The van der Waals surface area contributed by atoms with Crippen molar-refractivity contribution in [1.29, 1.82) is 0 Å².